The molecule has 0 unspecified atom stereocenters. The maximum atomic E-state index is 13.9. The molecular weight excluding hydrogens is 454 g/mol. The Bertz CT molecular complexity index is 1210. The fourth-order valence-electron chi connectivity index (χ4n) is 4.67. The van der Waals surface area contributed by atoms with E-state index in [-0.39, 0.29) is 24.0 Å². The van der Waals surface area contributed by atoms with Gasteiger partial charge in [0.05, 0.1) is 18.8 Å². The number of hydrogen-bond donors (Lipinski definition) is 1. The molecule has 1 aromatic heterocycles. The van der Waals surface area contributed by atoms with Crippen molar-refractivity contribution in [3.63, 3.8) is 0 Å². The lowest BCUT2D eigenvalue weighted by Gasteiger charge is -2.44. The molecule has 1 aliphatic heterocycles. The topological polar surface area (TPSA) is 72.8 Å². The molecule has 0 bridgehead atoms. The Morgan fingerprint density at radius 3 is 2.47 bits per heavy atom. The summed E-state index contributed by atoms with van der Waals surface area (Å²) in [7, 11) is 0. The van der Waals surface area contributed by atoms with Crippen LogP contribution in [0, 0.1) is 0 Å². The highest BCUT2D eigenvalue weighted by Crippen LogP contribution is 2.33. The van der Waals surface area contributed by atoms with Crippen molar-refractivity contribution < 1.29 is 19.1 Å². The molecule has 4 rings (SSSR count). The minimum Gasteiger partial charge on any atom is -0.491 e. The predicted octanol–water partition coefficient (Wildman–Crippen LogP) is 4.77. The Morgan fingerprint density at radius 2 is 1.78 bits per heavy atom. The second-order valence-electron chi connectivity index (χ2n) is 10.2. The molecule has 2 amide bonds. The van der Waals surface area contributed by atoms with E-state index in [1.807, 2.05) is 93.8 Å². The highest BCUT2D eigenvalue weighted by molar-refractivity contribution is 6.03. The third-order valence-corrected chi connectivity index (χ3v) is 6.52. The number of nitrogens with one attached hydrogen (secondary N) is 1. The van der Waals surface area contributed by atoms with Gasteiger partial charge in [-0.15, -0.1) is 0 Å². The molecule has 36 heavy (non-hydrogen) atoms. The second kappa shape index (κ2) is 10.7. The summed E-state index contributed by atoms with van der Waals surface area (Å²) >= 11 is 0. The molecule has 0 saturated carbocycles. The molecule has 1 aliphatic rings. The lowest BCUT2D eigenvalue weighted by Crippen LogP contribution is -2.63. The van der Waals surface area contributed by atoms with Crippen LogP contribution in [-0.2, 0) is 22.6 Å². The molecule has 0 aliphatic carbocycles. The number of amides is 2. The van der Waals surface area contributed by atoms with Crippen molar-refractivity contribution in [2.75, 3.05) is 13.2 Å². The first-order valence-corrected chi connectivity index (χ1v) is 12.7. The Labute approximate surface area is 213 Å². The van der Waals surface area contributed by atoms with E-state index in [0.717, 1.165) is 22.2 Å². The van der Waals surface area contributed by atoms with Crippen LogP contribution < -0.4 is 10.1 Å². The molecule has 0 radical (unpaired) electrons. The number of para-hydroxylation sites is 1. The normalized spacial score (nSPS) is 17.6. The largest absolute Gasteiger partial charge is 0.491 e. The van der Waals surface area contributed by atoms with E-state index in [1.54, 1.807) is 4.90 Å². The molecule has 0 fully saturated rings. The molecule has 192 valence electrons. The van der Waals surface area contributed by atoms with Crippen LogP contribution in [0.4, 0.5) is 0 Å². The van der Waals surface area contributed by atoms with E-state index < -0.39 is 5.54 Å². The van der Waals surface area contributed by atoms with Crippen LogP contribution in [0.15, 0.2) is 54.6 Å². The average Bonchev–Trinajstić information content (AvgIpc) is 3.20. The van der Waals surface area contributed by atoms with Crippen molar-refractivity contribution in [3.8, 4) is 5.75 Å². The first kappa shape index (κ1) is 25.8. The monoisotopic (exact) mass is 491 g/mol. The molecule has 7 heteroatoms. The molecular formula is C29H37N3O4. The Balaban J connectivity index is 1.61. The van der Waals surface area contributed by atoms with Gasteiger partial charge in [-0.05, 0) is 70.9 Å². The quantitative estimate of drug-likeness (QED) is 0.415. The fraction of sp³-hybridized carbons (Fsp3) is 0.448. The molecule has 0 saturated heterocycles. The van der Waals surface area contributed by atoms with Crippen LogP contribution in [0.1, 0.15) is 57.1 Å². The lowest BCUT2D eigenvalue weighted by molar-refractivity contribution is -0.133. The number of hydrogen-bond acceptors (Lipinski definition) is 4. The van der Waals surface area contributed by atoms with Gasteiger partial charge in [0.25, 0.3) is 5.91 Å². The number of rotatable bonds is 10. The van der Waals surface area contributed by atoms with Gasteiger partial charge in [0.2, 0.25) is 5.91 Å². The third kappa shape index (κ3) is 5.41. The van der Waals surface area contributed by atoms with Crippen molar-refractivity contribution in [1.82, 2.24) is 14.8 Å². The number of ether oxygens (including phenoxy) is 2. The minimum absolute atomic E-state index is 0.0827. The van der Waals surface area contributed by atoms with Gasteiger partial charge in [-0.1, -0.05) is 30.3 Å². The highest BCUT2D eigenvalue weighted by Gasteiger charge is 2.47. The number of fused-ring (bicyclic) bond motifs is 3. The molecule has 3 aromatic rings. The second-order valence-corrected chi connectivity index (χ2v) is 10.2. The summed E-state index contributed by atoms with van der Waals surface area (Å²) in [4.78, 5) is 29.2. The smallest absolute Gasteiger partial charge is 0.271 e. The number of carbonyl (C=O) groups is 2. The molecule has 1 atom stereocenters. The third-order valence-electron chi connectivity index (χ3n) is 6.52. The maximum Gasteiger partial charge on any atom is 0.271 e. The SMILES string of the molecule is CC(C)OCCCNC(=O)[C@]1(C)Cn2c(cc3ccccc32)C(=O)N1Cc1ccc(OC(C)C)cc1. The molecule has 2 heterocycles. The zero-order chi connectivity index (χ0) is 25.9. The van der Waals surface area contributed by atoms with E-state index in [2.05, 4.69) is 5.32 Å². The zero-order valence-corrected chi connectivity index (χ0v) is 21.9. The molecule has 1 N–H and O–H groups in total. The Kier molecular flexibility index (Phi) is 7.69. The van der Waals surface area contributed by atoms with Crippen molar-refractivity contribution in [3.05, 3.63) is 65.9 Å². The van der Waals surface area contributed by atoms with Gasteiger partial charge in [0, 0.05) is 30.6 Å². The molecule has 0 spiro atoms. The van der Waals surface area contributed by atoms with Crippen molar-refractivity contribution >= 4 is 22.7 Å². The van der Waals surface area contributed by atoms with Gasteiger partial charge in [-0.2, -0.15) is 0 Å². The minimum atomic E-state index is -1.06. The highest BCUT2D eigenvalue weighted by atomic mass is 16.5. The Morgan fingerprint density at radius 1 is 1.06 bits per heavy atom. The lowest BCUT2D eigenvalue weighted by atomic mass is 9.93. The van der Waals surface area contributed by atoms with Gasteiger partial charge >= 0.3 is 0 Å². The number of aromatic nitrogens is 1. The van der Waals surface area contributed by atoms with Crippen LogP contribution >= 0.6 is 0 Å². The predicted molar refractivity (Wildman–Crippen MR) is 141 cm³/mol. The van der Waals surface area contributed by atoms with Gasteiger partial charge in [0.1, 0.15) is 17.0 Å². The van der Waals surface area contributed by atoms with Crippen molar-refractivity contribution in [2.24, 2.45) is 0 Å². The van der Waals surface area contributed by atoms with Crippen LogP contribution in [0.3, 0.4) is 0 Å². The number of benzene rings is 2. The zero-order valence-electron chi connectivity index (χ0n) is 21.9. The maximum absolute atomic E-state index is 13.9. The standard InChI is InChI=1S/C29H37N3O4/c1-20(2)35-16-8-15-30-28(34)29(5)19-31-25-10-7-6-9-23(25)17-26(31)27(33)32(29)18-22-11-13-24(14-12-22)36-21(3)4/h6-7,9-14,17,20-21H,8,15-16,18-19H2,1-5H3,(H,30,34)/t29-/m0/s1. The molecule has 7 nitrogen and oxygen atoms in total. The van der Waals surface area contributed by atoms with Crippen LogP contribution in [0.5, 0.6) is 5.75 Å². The van der Waals surface area contributed by atoms with Crippen molar-refractivity contribution in [2.45, 2.75) is 71.9 Å². The van der Waals surface area contributed by atoms with Gasteiger partial charge in [0.15, 0.2) is 0 Å². The summed E-state index contributed by atoms with van der Waals surface area (Å²) < 4.78 is 13.3. The first-order valence-electron chi connectivity index (χ1n) is 12.7. The summed E-state index contributed by atoms with van der Waals surface area (Å²) in [6.07, 6.45) is 0.949. The number of carbonyl (C=O) groups excluding carboxylic acids is 2. The van der Waals surface area contributed by atoms with E-state index in [1.165, 1.54) is 0 Å². The summed E-state index contributed by atoms with van der Waals surface area (Å²) in [5.41, 5.74) is 1.44. The van der Waals surface area contributed by atoms with Gasteiger partial charge < -0.3 is 24.3 Å². The average molecular weight is 492 g/mol. The van der Waals surface area contributed by atoms with E-state index in [9.17, 15) is 9.59 Å². The fourth-order valence-corrected chi connectivity index (χ4v) is 4.67. The summed E-state index contributed by atoms with van der Waals surface area (Å²) in [6.45, 7) is 11.6. The molecule has 2 aromatic carbocycles. The van der Waals surface area contributed by atoms with Crippen LogP contribution in [0.2, 0.25) is 0 Å². The van der Waals surface area contributed by atoms with Crippen LogP contribution in [0.25, 0.3) is 10.9 Å². The van der Waals surface area contributed by atoms with Gasteiger partial charge in [-0.3, -0.25) is 9.59 Å². The summed E-state index contributed by atoms with van der Waals surface area (Å²) in [6, 6.07) is 17.6. The van der Waals surface area contributed by atoms with Crippen LogP contribution in [-0.4, -0.2) is 52.2 Å². The van der Waals surface area contributed by atoms with E-state index in [4.69, 9.17) is 9.47 Å². The Hall–Kier alpha value is -3.32. The first-order chi connectivity index (χ1) is 17.2. The van der Waals surface area contributed by atoms with Gasteiger partial charge in [-0.25, -0.2) is 0 Å². The summed E-state index contributed by atoms with van der Waals surface area (Å²) in [5, 5.41) is 4.05. The van der Waals surface area contributed by atoms with E-state index in [0.29, 0.717) is 38.4 Å². The van der Waals surface area contributed by atoms with Crippen molar-refractivity contribution in [1.29, 1.82) is 0 Å². The van der Waals surface area contributed by atoms with E-state index >= 15 is 0 Å². The number of nitrogens with zero attached hydrogens (tertiary/aromatic N) is 2. The summed E-state index contributed by atoms with van der Waals surface area (Å²) in [5.74, 6) is 0.465.